The molecular formula is C16H17N3OS. The second kappa shape index (κ2) is 7.40. The van der Waals surface area contributed by atoms with Gasteiger partial charge in [0, 0.05) is 0 Å². The Kier molecular flexibility index (Phi) is 5.29. The first-order valence-electron chi connectivity index (χ1n) is 6.50. The number of thiocarbonyl (C=S) groups is 1. The summed E-state index contributed by atoms with van der Waals surface area (Å²) in [5.74, 6) is 0.727. The van der Waals surface area contributed by atoms with Gasteiger partial charge in [-0.2, -0.15) is 5.10 Å². The van der Waals surface area contributed by atoms with Crippen LogP contribution in [0.2, 0.25) is 0 Å². The highest BCUT2D eigenvalue weighted by atomic mass is 32.1. The smallest absolute Gasteiger partial charge is 0.191 e. The second-order valence-corrected chi connectivity index (χ2v) is 4.74. The summed E-state index contributed by atoms with van der Waals surface area (Å²) in [6.45, 7) is 1.92. The molecule has 0 unspecified atom stereocenters. The zero-order valence-corrected chi connectivity index (χ0v) is 12.8. The molecule has 5 heteroatoms. The summed E-state index contributed by atoms with van der Waals surface area (Å²) in [5.41, 5.74) is 5.54. The molecule has 0 aliphatic heterocycles. The molecule has 0 aliphatic rings. The maximum Gasteiger partial charge on any atom is 0.191 e. The third-order valence-corrected chi connectivity index (χ3v) is 3.07. The quantitative estimate of drug-likeness (QED) is 0.516. The highest BCUT2D eigenvalue weighted by Crippen LogP contribution is 2.22. The fourth-order valence-electron chi connectivity index (χ4n) is 1.78. The van der Waals surface area contributed by atoms with E-state index in [1.165, 1.54) is 0 Å². The first kappa shape index (κ1) is 15.0. The normalized spacial score (nSPS) is 10.9. The molecule has 0 radical (unpaired) electrons. The summed E-state index contributed by atoms with van der Waals surface area (Å²) in [6, 6.07) is 17.5. The van der Waals surface area contributed by atoms with Crippen molar-refractivity contribution >= 4 is 28.7 Å². The summed E-state index contributed by atoms with van der Waals surface area (Å²) in [4.78, 5) is 0. The van der Waals surface area contributed by atoms with E-state index in [2.05, 4.69) is 15.8 Å². The number of benzene rings is 2. The van der Waals surface area contributed by atoms with Gasteiger partial charge in [-0.1, -0.05) is 42.5 Å². The van der Waals surface area contributed by atoms with Gasteiger partial charge in [0.2, 0.25) is 0 Å². The predicted octanol–water partition coefficient (Wildman–Crippen LogP) is 3.41. The number of ether oxygens (including phenoxy) is 1. The van der Waals surface area contributed by atoms with E-state index in [0.717, 1.165) is 22.7 Å². The summed E-state index contributed by atoms with van der Waals surface area (Å²) in [6.07, 6.45) is 0. The Balaban J connectivity index is 1.99. The number of nitrogens with zero attached hydrogens (tertiary/aromatic N) is 1. The van der Waals surface area contributed by atoms with Crippen molar-refractivity contribution in [3.05, 3.63) is 60.2 Å². The minimum atomic E-state index is 0.412. The molecule has 0 atom stereocenters. The first-order valence-corrected chi connectivity index (χ1v) is 6.91. The Morgan fingerprint density at radius 2 is 1.71 bits per heavy atom. The molecule has 0 aromatic heterocycles. The lowest BCUT2D eigenvalue weighted by molar-refractivity contribution is 0.417. The Labute approximate surface area is 129 Å². The van der Waals surface area contributed by atoms with Crippen molar-refractivity contribution in [2.24, 2.45) is 5.10 Å². The van der Waals surface area contributed by atoms with E-state index in [-0.39, 0.29) is 0 Å². The zero-order chi connectivity index (χ0) is 15.1. The van der Waals surface area contributed by atoms with Gasteiger partial charge in [-0.3, -0.25) is 5.43 Å². The maximum absolute atomic E-state index is 5.26. The summed E-state index contributed by atoms with van der Waals surface area (Å²) in [5, 5.41) is 7.74. The Hall–Kier alpha value is -2.40. The van der Waals surface area contributed by atoms with Gasteiger partial charge in [0.25, 0.3) is 0 Å². The second-order valence-electron chi connectivity index (χ2n) is 4.33. The van der Waals surface area contributed by atoms with Crippen LogP contribution in [0.25, 0.3) is 0 Å². The van der Waals surface area contributed by atoms with Gasteiger partial charge in [-0.15, -0.1) is 0 Å². The van der Waals surface area contributed by atoms with Crippen LogP contribution < -0.4 is 15.5 Å². The van der Waals surface area contributed by atoms with Crippen LogP contribution in [0, 0.1) is 0 Å². The highest BCUT2D eigenvalue weighted by Gasteiger charge is 2.03. The number of nitrogens with one attached hydrogen (secondary N) is 2. The number of hydrogen-bond acceptors (Lipinski definition) is 3. The molecule has 0 bridgehead atoms. The molecule has 0 heterocycles. The van der Waals surface area contributed by atoms with Crippen LogP contribution in [0.5, 0.6) is 5.75 Å². The fourth-order valence-corrected chi connectivity index (χ4v) is 1.93. The van der Waals surface area contributed by atoms with E-state index in [9.17, 15) is 0 Å². The summed E-state index contributed by atoms with van der Waals surface area (Å²) < 4.78 is 5.26. The molecule has 2 rings (SSSR count). The highest BCUT2D eigenvalue weighted by molar-refractivity contribution is 7.80. The van der Waals surface area contributed by atoms with Crippen molar-refractivity contribution in [1.82, 2.24) is 5.43 Å². The van der Waals surface area contributed by atoms with Crippen LogP contribution in [0.3, 0.4) is 0 Å². The third-order valence-electron chi connectivity index (χ3n) is 2.87. The van der Waals surface area contributed by atoms with Gasteiger partial charge in [-0.25, -0.2) is 0 Å². The van der Waals surface area contributed by atoms with E-state index in [1.54, 1.807) is 7.11 Å². The lowest BCUT2D eigenvalue weighted by atomic mass is 10.1. The van der Waals surface area contributed by atoms with E-state index in [0.29, 0.717) is 5.11 Å². The molecule has 4 nitrogen and oxygen atoms in total. The van der Waals surface area contributed by atoms with Gasteiger partial charge in [0.1, 0.15) is 5.75 Å². The van der Waals surface area contributed by atoms with E-state index in [4.69, 9.17) is 17.0 Å². The number of rotatable bonds is 4. The molecule has 0 saturated carbocycles. The Morgan fingerprint density at radius 3 is 2.43 bits per heavy atom. The molecule has 2 aromatic carbocycles. The summed E-state index contributed by atoms with van der Waals surface area (Å²) >= 11 is 5.23. The topological polar surface area (TPSA) is 45.6 Å². The van der Waals surface area contributed by atoms with Gasteiger partial charge < -0.3 is 10.1 Å². The van der Waals surface area contributed by atoms with E-state index < -0.39 is 0 Å². The van der Waals surface area contributed by atoms with Crippen molar-refractivity contribution in [3.63, 3.8) is 0 Å². The third kappa shape index (κ3) is 4.29. The molecule has 0 spiro atoms. The lowest BCUT2D eigenvalue weighted by Gasteiger charge is -2.11. The number of para-hydroxylation sites is 2. The Bertz CT molecular complexity index is 641. The van der Waals surface area contributed by atoms with Crippen LogP contribution >= 0.6 is 12.2 Å². The van der Waals surface area contributed by atoms with Crippen molar-refractivity contribution in [2.45, 2.75) is 6.92 Å². The predicted molar refractivity (Wildman–Crippen MR) is 91.0 cm³/mol. The number of hydrogen-bond donors (Lipinski definition) is 2. The Morgan fingerprint density at radius 1 is 1.05 bits per heavy atom. The van der Waals surface area contributed by atoms with Gasteiger partial charge in [0.05, 0.1) is 18.5 Å². The lowest BCUT2D eigenvalue weighted by Crippen LogP contribution is -2.25. The molecule has 0 fully saturated rings. The number of anilines is 1. The van der Waals surface area contributed by atoms with E-state index >= 15 is 0 Å². The molecule has 21 heavy (non-hydrogen) atoms. The molecule has 0 saturated heterocycles. The average molecular weight is 299 g/mol. The summed E-state index contributed by atoms with van der Waals surface area (Å²) in [7, 11) is 1.62. The van der Waals surface area contributed by atoms with Crippen molar-refractivity contribution in [3.8, 4) is 5.75 Å². The maximum atomic E-state index is 5.26. The molecule has 108 valence electrons. The number of hydrazone groups is 1. The monoisotopic (exact) mass is 299 g/mol. The van der Waals surface area contributed by atoms with Crippen LogP contribution in [0.15, 0.2) is 59.7 Å². The van der Waals surface area contributed by atoms with Crippen molar-refractivity contribution in [1.29, 1.82) is 0 Å². The molecule has 0 amide bonds. The SMILES string of the molecule is COc1ccccc1NC(=S)NN=C(C)c1ccccc1. The minimum absolute atomic E-state index is 0.412. The van der Waals surface area contributed by atoms with Crippen LogP contribution in [-0.2, 0) is 0 Å². The minimum Gasteiger partial charge on any atom is -0.495 e. The number of methoxy groups -OCH3 is 1. The molecule has 2 aromatic rings. The van der Waals surface area contributed by atoms with Crippen LogP contribution in [-0.4, -0.2) is 17.9 Å². The standard InChI is InChI=1S/C16H17N3OS/c1-12(13-8-4-3-5-9-13)18-19-16(21)17-14-10-6-7-11-15(14)20-2/h3-11H,1-2H3,(H2,17,19,21). The molecular weight excluding hydrogens is 282 g/mol. The fraction of sp³-hybridized carbons (Fsp3) is 0.125. The van der Waals surface area contributed by atoms with E-state index in [1.807, 2.05) is 61.5 Å². The van der Waals surface area contributed by atoms with Gasteiger partial charge in [0.15, 0.2) is 5.11 Å². The molecule has 0 aliphatic carbocycles. The van der Waals surface area contributed by atoms with Gasteiger partial charge in [-0.05, 0) is 36.8 Å². The zero-order valence-electron chi connectivity index (χ0n) is 12.0. The van der Waals surface area contributed by atoms with Crippen molar-refractivity contribution < 1.29 is 4.74 Å². The molecule has 2 N–H and O–H groups in total. The van der Waals surface area contributed by atoms with Gasteiger partial charge >= 0.3 is 0 Å². The average Bonchev–Trinajstić information content (AvgIpc) is 2.54. The first-order chi connectivity index (χ1) is 10.2. The van der Waals surface area contributed by atoms with Crippen molar-refractivity contribution in [2.75, 3.05) is 12.4 Å². The van der Waals surface area contributed by atoms with Crippen LogP contribution in [0.4, 0.5) is 5.69 Å². The van der Waals surface area contributed by atoms with Crippen LogP contribution in [0.1, 0.15) is 12.5 Å². The largest absolute Gasteiger partial charge is 0.495 e.